The van der Waals surface area contributed by atoms with Gasteiger partial charge in [-0.05, 0) is 58.7 Å². The number of aryl methyl sites for hydroxylation is 3. The van der Waals surface area contributed by atoms with Crippen molar-refractivity contribution in [1.29, 1.82) is 5.41 Å². The van der Waals surface area contributed by atoms with E-state index in [1.807, 2.05) is 12.1 Å². The van der Waals surface area contributed by atoms with Crippen LogP contribution in [0.2, 0.25) is 0 Å². The Hall–Kier alpha value is -3.44. The Morgan fingerprint density at radius 1 is 0.939 bits per heavy atom. The van der Waals surface area contributed by atoms with Gasteiger partial charge in [0.1, 0.15) is 18.0 Å². The minimum absolute atomic E-state index is 0.0508. The number of carbonyl (C=O) groups excluding carboxylic acids is 1. The molecule has 0 aliphatic carbocycles. The van der Waals surface area contributed by atoms with Crippen LogP contribution < -0.4 is 11.1 Å². The second-order valence-electron chi connectivity index (χ2n) is 8.59. The minimum Gasteiger partial charge on any atom is -0.384 e. The molecule has 1 amide bonds. The van der Waals surface area contributed by atoms with Crippen molar-refractivity contribution in [3.8, 4) is 0 Å². The number of carbonyl (C=O) groups is 1. The van der Waals surface area contributed by atoms with Crippen LogP contribution in [0.25, 0.3) is 0 Å². The fraction of sp³-hybridized carbons (Fsp3) is 0.286. The van der Waals surface area contributed by atoms with Gasteiger partial charge < -0.3 is 15.8 Å². The summed E-state index contributed by atoms with van der Waals surface area (Å²) in [6.07, 6.45) is 3.20. The predicted octanol–water partition coefficient (Wildman–Crippen LogP) is 4.86. The van der Waals surface area contributed by atoms with Gasteiger partial charge in [0.25, 0.3) is 0 Å². The lowest BCUT2D eigenvalue weighted by molar-refractivity contribution is -0.109. The maximum absolute atomic E-state index is 9.99. The molecule has 0 fully saturated rings. The maximum Gasteiger partial charge on any atom is 0.207 e. The van der Waals surface area contributed by atoms with E-state index in [1.54, 1.807) is 12.1 Å². The molecule has 5 heteroatoms. The summed E-state index contributed by atoms with van der Waals surface area (Å²) in [7, 11) is 0. The predicted molar refractivity (Wildman–Crippen MR) is 132 cm³/mol. The Morgan fingerprint density at radius 3 is 2.06 bits per heavy atom. The normalized spacial score (nSPS) is 16.9. The summed E-state index contributed by atoms with van der Waals surface area (Å²) < 4.78 is 6.27. The molecule has 2 aliphatic heterocycles. The van der Waals surface area contributed by atoms with Gasteiger partial charge in [0.2, 0.25) is 6.41 Å². The second-order valence-corrected chi connectivity index (χ2v) is 8.59. The Labute approximate surface area is 195 Å². The minimum atomic E-state index is 0.0508. The standard InChI is InChI=1S/C19H20O.C9H11N3O/c1-4-12-9-16-17(10-13(12)5-2)19-15-8-11(3)6-7-14(15)18(16)20-19;10-9(11)8-3-1-7(2-4-8)5-12-6-13/h6-10,18-19H,4-5H2,1-3H3;1-4,6H,5H2,(H3,10,11)(H,12,13). The monoisotopic (exact) mass is 441 g/mol. The highest BCUT2D eigenvalue weighted by atomic mass is 16.5. The Bertz CT molecular complexity index is 1180. The zero-order valence-corrected chi connectivity index (χ0v) is 19.4. The Balaban J connectivity index is 0.000000174. The molecule has 3 aromatic carbocycles. The molecule has 2 bridgehead atoms. The first-order valence-corrected chi connectivity index (χ1v) is 11.5. The molecule has 0 radical (unpaired) electrons. The molecule has 0 spiro atoms. The summed E-state index contributed by atoms with van der Waals surface area (Å²) in [6, 6.07) is 18.7. The number of hydrogen-bond donors (Lipinski definition) is 3. The lowest BCUT2D eigenvalue weighted by Crippen LogP contribution is -2.12. The molecular formula is C28H31N3O2. The molecule has 3 aromatic rings. The number of nitrogens with one attached hydrogen (secondary N) is 2. The molecule has 0 saturated heterocycles. The van der Waals surface area contributed by atoms with Crippen LogP contribution in [-0.2, 0) is 28.9 Å². The van der Waals surface area contributed by atoms with Gasteiger partial charge in [-0.15, -0.1) is 0 Å². The van der Waals surface area contributed by atoms with Gasteiger partial charge in [-0.1, -0.05) is 74.0 Å². The average Bonchev–Trinajstić information content (AvgIpc) is 3.38. The van der Waals surface area contributed by atoms with Crippen LogP contribution in [0.4, 0.5) is 0 Å². The lowest BCUT2D eigenvalue weighted by atomic mass is 9.82. The summed E-state index contributed by atoms with van der Waals surface area (Å²) in [4.78, 5) is 9.99. The number of nitrogens with two attached hydrogens (primary N) is 1. The van der Waals surface area contributed by atoms with Gasteiger partial charge in [0.15, 0.2) is 0 Å². The van der Waals surface area contributed by atoms with Gasteiger partial charge >= 0.3 is 0 Å². The number of hydrogen-bond acceptors (Lipinski definition) is 3. The first kappa shape index (κ1) is 22.7. The van der Waals surface area contributed by atoms with E-state index in [0.717, 1.165) is 18.4 Å². The Kier molecular flexibility index (Phi) is 6.61. The SMILES string of the molecule is CCc1cc2c(cc1CC)C1OC2c2ccc(C)cc21.N=C(N)c1ccc(CNC=O)cc1. The molecule has 4 N–H and O–H groups in total. The molecule has 2 unspecified atom stereocenters. The van der Waals surface area contributed by atoms with Crippen LogP contribution >= 0.6 is 0 Å². The van der Waals surface area contributed by atoms with E-state index >= 15 is 0 Å². The molecule has 5 rings (SSSR count). The van der Waals surface area contributed by atoms with Gasteiger partial charge in [-0.2, -0.15) is 0 Å². The van der Waals surface area contributed by atoms with E-state index in [0.29, 0.717) is 18.5 Å². The number of rotatable bonds is 6. The first-order chi connectivity index (χ1) is 16.0. The number of nitrogen functional groups attached to an aromatic ring is 1. The zero-order valence-electron chi connectivity index (χ0n) is 19.4. The summed E-state index contributed by atoms with van der Waals surface area (Å²) in [5.41, 5.74) is 16.8. The number of amidine groups is 1. The highest BCUT2D eigenvalue weighted by molar-refractivity contribution is 5.94. The number of ether oxygens (including phenoxy) is 1. The third-order valence-corrected chi connectivity index (χ3v) is 6.47. The van der Waals surface area contributed by atoms with Crippen LogP contribution in [0.5, 0.6) is 0 Å². The summed E-state index contributed by atoms with van der Waals surface area (Å²) in [5, 5.41) is 9.70. The molecule has 2 atom stereocenters. The van der Waals surface area contributed by atoms with Crippen molar-refractivity contribution in [3.05, 3.63) is 105 Å². The number of benzene rings is 3. The van der Waals surface area contributed by atoms with Gasteiger partial charge in [-0.3, -0.25) is 10.2 Å². The van der Waals surface area contributed by atoms with Gasteiger partial charge in [-0.25, -0.2) is 0 Å². The molecule has 170 valence electrons. The van der Waals surface area contributed by atoms with E-state index in [-0.39, 0.29) is 18.0 Å². The molecular weight excluding hydrogens is 410 g/mol. The van der Waals surface area contributed by atoms with Crippen LogP contribution in [-0.4, -0.2) is 12.2 Å². The molecule has 5 nitrogen and oxygen atoms in total. The number of fused-ring (bicyclic) bond motifs is 8. The molecule has 33 heavy (non-hydrogen) atoms. The fourth-order valence-electron chi connectivity index (χ4n) is 4.73. The van der Waals surface area contributed by atoms with Crippen molar-refractivity contribution in [2.45, 2.75) is 52.4 Å². The lowest BCUT2D eigenvalue weighted by Gasteiger charge is -2.19. The second kappa shape index (κ2) is 9.59. The van der Waals surface area contributed by atoms with Crippen molar-refractivity contribution < 1.29 is 9.53 Å². The summed E-state index contributed by atoms with van der Waals surface area (Å²) in [5.74, 6) is 0.0508. The van der Waals surface area contributed by atoms with E-state index in [4.69, 9.17) is 15.9 Å². The first-order valence-electron chi connectivity index (χ1n) is 11.5. The number of amides is 1. The van der Waals surface area contributed by atoms with Crippen LogP contribution in [0.1, 0.15) is 76.1 Å². The molecule has 0 aromatic heterocycles. The average molecular weight is 442 g/mol. The summed E-state index contributed by atoms with van der Waals surface area (Å²) >= 11 is 0. The third-order valence-electron chi connectivity index (χ3n) is 6.47. The van der Waals surface area contributed by atoms with Crippen molar-refractivity contribution in [1.82, 2.24) is 5.32 Å². The van der Waals surface area contributed by atoms with E-state index in [9.17, 15) is 4.79 Å². The smallest absolute Gasteiger partial charge is 0.207 e. The van der Waals surface area contributed by atoms with Gasteiger partial charge in [0, 0.05) is 12.1 Å². The quantitative estimate of drug-likeness (QED) is 0.290. The topological polar surface area (TPSA) is 88.2 Å². The fourth-order valence-corrected chi connectivity index (χ4v) is 4.73. The van der Waals surface area contributed by atoms with E-state index in [1.165, 1.54) is 38.9 Å². The van der Waals surface area contributed by atoms with Crippen LogP contribution in [0, 0.1) is 12.3 Å². The van der Waals surface area contributed by atoms with Crippen LogP contribution in [0.15, 0.2) is 54.6 Å². The van der Waals surface area contributed by atoms with Crippen LogP contribution in [0.3, 0.4) is 0 Å². The van der Waals surface area contributed by atoms with Crippen molar-refractivity contribution in [2.75, 3.05) is 0 Å². The van der Waals surface area contributed by atoms with Gasteiger partial charge in [0.05, 0.1) is 0 Å². The van der Waals surface area contributed by atoms with Crippen molar-refractivity contribution in [3.63, 3.8) is 0 Å². The third kappa shape index (κ3) is 4.41. The highest BCUT2D eigenvalue weighted by Gasteiger charge is 2.42. The summed E-state index contributed by atoms with van der Waals surface area (Å²) in [6.45, 7) is 7.14. The zero-order chi connectivity index (χ0) is 23.5. The van der Waals surface area contributed by atoms with E-state index < -0.39 is 0 Å². The highest BCUT2D eigenvalue weighted by Crippen LogP contribution is 2.54. The van der Waals surface area contributed by atoms with E-state index in [2.05, 4.69) is 56.4 Å². The van der Waals surface area contributed by atoms with Crippen molar-refractivity contribution in [2.24, 2.45) is 5.73 Å². The molecule has 2 heterocycles. The Morgan fingerprint density at radius 2 is 1.52 bits per heavy atom. The molecule has 0 saturated carbocycles. The molecule has 2 aliphatic rings. The maximum atomic E-state index is 9.99. The largest absolute Gasteiger partial charge is 0.384 e. The van der Waals surface area contributed by atoms with Crippen molar-refractivity contribution >= 4 is 12.2 Å².